The Labute approximate surface area is 98.6 Å². The van der Waals surface area contributed by atoms with E-state index in [9.17, 15) is 14.9 Å². The maximum atomic E-state index is 11.4. The van der Waals surface area contributed by atoms with Crippen molar-refractivity contribution in [3.8, 4) is 0 Å². The number of hydrogen-bond acceptors (Lipinski definition) is 4. The van der Waals surface area contributed by atoms with E-state index >= 15 is 0 Å². The molecule has 1 N–H and O–H groups in total. The van der Waals surface area contributed by atoms with Gasteiger partial charge in [0.1, 0.15) is 0 Å². The number of nitro groups is 1. The lowest BCUT2D eigenvalue weighted by atomic mass is 10.2. The second-order valence-electron chi connectivity index (χ2n) is 3.42. The van der Waals surface area contributed by atoms with E-state index in [4.69, 9.17) is 5.11 Å². The first-order chi connectivity index (χ1) is 8.18. The molecule has 0 saturated carbocycles. The molecule has 1 amide bonds. The predicted octanol–water partition coefficient (Wildman–Crippen LogP) is 1.33. The minimum absolute atomic E-state index is 0.0467. The summed E-state index contributed by atoms with van der Waals surface area (Å²) < 4.78 is 0. The molecule has 0 unspecified atom stereocenters. The smallest absolute Gasteiger partial charge is 0.269 e. The van der Waals surface area contributed by atoms with Gasteiger partial charge in [-0.25, -0.2) is 0 Å². The third-order valence-electron chi connectivity index (χ3n) is 2.45. The lowest BCUT2D eigenvalue weighted by molar-refractivity contribution is -0.384. The van der Waals surface area contributed by atoms with Crippen molar-refractivity contribution in [2.75, 3.05) is 18.6 Å². The van der Waals surface area contributed by atoms with Crippen LogP contribution in [0.5, 0.6) is 0 Å². The number of aliphatic hydroxyl groups excluding tert-OH is 1. The quantitative estimate of drug-likeness (QED) is 0.622. The molecule has 1 aromatic rings. The van der Waals surface area contributed by atoms with E-state index in [1.54, 1.807) is 17.0 Å². The van der Waals surface area contributed by atoms with E-state index in [0.29, 0.717) is 13.0 Å². The monoisotopic (exact) mass is 238 g/mol. The second kappa shape index (κ2) is 5.95. The molecule has 0 aromatic heterocycles. The maximum absolute atomic E-state index is 11.4. The van der Waals surface area contributed by atoms with Crippen LogP contribution in [0.15, 0.2) is 24.3 Å². The number of non-ortho nitro benzene ring substituents is 1. The Hall–Kier alpha value is -1.95. The van der Waals surface area contributed by atoms with Crippen molar-refractivity contribution in [2.24, 2.45) is 0 Å². The summed E-state index contributed by atoms with van der Waals surface area (Å²) in [4.78, 5) is 23.0. The standard InChI is InChI=1S/C10H10N2O3.CH4O/c13-10-2-1-7-11(10)8-3-5-9(6-4-8)12(14)15;1-2/h3-6H,1-2,7H2;2H,1H3. The Balaban J connectivity index is 0.000000686. The average Bonchev–Trinajstić information content (AvgIpc) is 2.78. The fraction of sp³-hybridized carbons (Fsp3) is 0.364. The van der Waals surface area contributed by atoms with Crippen molar-refractivity contribution in [1.29, 1.82) is 0 Å². The van der Waals surface area contributed by atoms with Gasteiger partial charge in [0.15, 0.2) is 0 Å². The van der Waals surface area contributed by atoms with Crippen LogP contribution in [0.1, 0.15) is 12.8 Å². The van der Waals surface area contributed by atoms with E-state index in [2.05, 4.69) is 0 Å². The number of amides is 1. The van der Waals surface area contributed by atoms with E-state index in [-0.39, 0.29) is 11.6 Å². The fourth-order valence-corrected chi connectivity index (χ4v) is 1.68. The Morgan fingerprint density at radius 3 is 2.29 bits per heavy atom. The van der Waals surface area contributed by atoms with E-state index in [1.165, 1.54) is 12.1 Å². The fourth-order valence-electron chi connectivity index (χ4n) is 1.68. The molecule has 0 bridgehead atoms. The third-order valence-corrected chi connectivity index (χ3v) is 2.45. The third kappa shape index (κ3) is 3.01. The minimum Gasteiger partial charge on any atom is -0.400 e. The highest BCUT2D eigenvalue weighted by Gasteiger charge is 2.21. The molecule has 0 aliphatic carbocycles. The molecule has 1 saturated heterocycles. The van der Waals surface area contributed by atoms with Crippen LogP contribution >= 0.6 is 0 Å². The maximum Gasteiger partial charge on any atom is 0.269 e. The first-order valence-corrected chi connectivity index (χ1v) is 5.18. The molecular weight excluding hydrogens is 224 g/mol. The Kier molecular flexibility index (Phi) is 4.59. The van der Waals surface area contributed by atoms with Crippen LogP contribution in [0.4, 0.5) is 11.4 Å². The molecule has 2 rings (SSSR count). The molecule has 0 atom stereocenters. The average molecular weight is 238 g/mol. The van der Waals surface area contributed by atoms with Gasteiger partial charge < -0.3 is 10.0 Å². The van der Waals surface area contributed by atoms with Crippen LogP contribution in [-0.2, 0) is 4.79 Å². The number of benzene rings is 1. The molecule has 17 heavy (non-hydrogen) atoms. The van der Waals surface area contributed by atoms with Gasteiger partial charge in [-0.2, -0.15) is 0 Å². The van der Waals surface area contributed by atoms with E-state index in [1.807, 2.05) is 0 Å². The molecule has 1 aromatic carbocycles. The molecule has 1 heterocycles. The number of carbonyl (C=O) groups excluding carboxylic acids is 1. The van der Waals surface area contributed by atoms with Gasteiger partial charge in [-0.05, 0) is 18.6 Å². The number of nitro benzene ring substituents is 1. The Bertz CT molecular complexity index is 402. The highest BCUT2D eigenvalue weighted by molar-refractivity contribution is 5.95. The van der Waals surface area contributed by atoms with Crippen LogP contribution in [0.25, 0.3) is 0 Å². The summed E-state index contributed by atoms with van der Waals surface area (Å²) in [5, 5.41) is 17.4. The highest BCUT2D eigenvalue weighted by atomic mass is 16.6. The van der Waals surface area contributed by atoms with Crippen LogP contribution < -0.4 is 4.90 Å². The molecule has 1 fully saturated rings. The molecule has 92 valence electrons. The largest absolute Gasteiger partial charge is 0.400 e. The predicted molar refractivity (Wildman–Crippen MR) is 62.8 cm³/mol. The molecule has 0 spiro atoms. The van der Waals surface area contributed by atoms with Crippen molar-refractivity contribution >= 4 is 17.3 Å². The van der Waals surface area contributed by atoms with Crippen LogP contribution in [-0.4, -0.2) is 29.6 Å². The molecule has 6 heteroatoms. The SMILES string of the molecule is CO.O=C1CCCN1c1ccc([N+](=O)[O-])cc1. The molecule has 1 aliphatic rings. The number of carbonyl (C=O) groups is 1. The summed E-state index contributed by atoms with van der Waals surface area (Å²) in [6.07, 6.45) is 1.42. The van der Waals surface area contributed by atoms with Gasteiger partial charge in [-0.15, -0.1) is 0 Å². The van der Waals surface area contributed by atoms with Gasteiger partial charge in [-0.3, -0.25) is 14.9 Å². The van der Waals surface area contributed by atoms with Crippen molar-refractivity contribution in [1.82, 2.24) is 0 Å². The summed E-state index contributed by atoms with van der Waals surface area (Å²) in [7, 11) is 1.00. The van der Waals surface area contributed by atoms with E-state index in [0.717, 1.165) is 19.2 Å². The zero-order valence-electron chi connectivity index (χ0n) is 9.50. The van der Waals surface area contributed by atoms with Gasteiger partial charge in [-0.1, -0.05) is 0 Å². The van der Waals surface area contributed by atoms with E-state index < -0.39 is 4.92 Å². The number of hydrogen-bond donors (Lipinski definition) is 1. The van der Waals surface area contributed by atoms with Gasteiger partial charge in [0.2, 0.25) is 5.91 Å². The minimum atomic E-state index is -0.449. The number of nitrogens with zero attached hydrogens (tertiary/aromatic N) is 2. The molecular formula is C11H14N2O4. The summed E-state index contributed by atoms with van der Waals surface area (Å²) in [5.74, 6) is 0.0869. The number of aliphatic hydroxyl groups is 1. The summed E-state index contributed by atoms with van der Waals surface area (Å²) in [6.45, 7) is 0.705. The first-order valence-electron chi connectivity index (χ1n) is 5.18. The van der Waals surface area contributed by atoms with Gasteiger partial charge in [0, 0.05) is 37.9 Å². The van der Waals surface area contributed by atoms with Crippen molar-refractivity contribution < 1.29 is 14.8 Å². The molecule has 1 aliphatic heterocycles. The molecule has 6 nitrogen and oxygen atoms in total. The number of anilines is 1. The summed E-state index contributed by atoms with van der Waals surface area (Å²) in [6, 6.07) is 6.06. The first kappa shape index (κ1) is 13.1. The van der Waals surface area contributed by atoms with Crippen LogP contribution in [0.3, 0.4) is 0 Å². The number of rotatable bonds is 2. The van der Waals surface area contributed by atoms with Gasteiger partial charge in [0.05, 0.1) is 4.92 Å². The van der Waals surface area contributed by atoms with Crippen molar-refractivity contribution in [3.63, 3.8) is 0 Å². The lowest BCUT2D eigenvalue weighted by Crippen LogP contribution is -2.23. The second-order valence-corrected chi connectivity index (χ2v) is 3.42. The topological polar surface area (TPSA) is 83.7 Å². The van der Waals surface area contributed by atoms with Gasteiger partial charge in [0.25, 0.3) is 5.69 Å². The Morgan fingerprint density at radius 1 is 1.29 bits per heavy atom. The van der Waals surface area contributed by atoms with Gasteiger partial charge >= 0.3 is 0 Å². The Morgan fingerprint density at radius 2 is 1.88 bits per heavy atom. The van der Waals surface area contributed by atoms with Crippen LogP contribution in [0, 0.1) is 10.1 Å². The normalized spacial score (nSPS) is 14.2. The summed E-state index contributed by atoms with van der Waals surface area (Å²) >= 11 is 0. The zero-order chi connectivity index (χ0) is 12.8. The lowest BCUT2D eigenvalue weighted by Gasteiger charge is -2.14. The van der Waals surface area contributed by atoms with Crippen molar-refractivity contribution in [3.05, 3.63) is 34.4 Å². The highest BCUT2D eigenvalue weighted by Crippen LogP contribution is 2.23. The van der Waals surface area contributed by atoms with Crippen LogP contribution in [0.2, 0.25) is 0 Å². The van der Waals surface area contributed by atoms with Crippen molar-refractivity contribution in [2.45, 2.75) is 12.8 Å². The zero-order valence-corrected chi connectivity index (χ0v) is 9.50. The molecule has 0 radical (unpaired) electrons. The summed E-state index contributed by atoms with van der Waals surface area (Å²) in [5.41, 5.74) is 0.786.